The molecule has 1 unspecified atom stereocenters. The number of nitrogens with zero attached hydrogens (tertiary/aromatic N) is 5. The number of fused-ring (bicyclic) bond motifs is 1. The van der Waals surface area contributed by atoms with Crippen LogP contribution in [0.3, 0.4) is 0 Å². The van der Waals surface area contributed by atoms with Crippen molar-refractivity contribution in [1.29, 1.82) is 0 Å². The Labute approximate surface area is 210 Å². The largest absolute Gasteiger partial charge is 0.379 e. The lowest BCUT2D eigenvalue weighted by Crippen LogP contribution is -2.43. The highest BCUT2D eigenvalue weighted by Gasteiger charge is 2.26. The molecular weight excluding hydrogens is 474 g/mol. The molecule has 1 aliphatic carbocycles. The highest BCUT2D eigenvalue weighted by molar-refractivity contribution is 7.90. The van der Waals surface area contributed by atoms with Gasteiger partial charge in [0.1, 0.15) is 0 Å². The number of aromatic nitrogens is 4. The maximum atomic E-state index is 13.5. The molecule has 2 aliphatic rings. The maximum absolute atomic E-state index is 13.5. The van der Waals surface area contributed by atoms with E-state index in [4.69, 9.17) is 9.72 Å². The molecule has 1 fully saturated rings. The molecule has 0 bridgehead atoms. The lowest BCUT2D eigenvalue weighted by Gasteiger charge is -2.36. The van der Waals surface area contributed by atoms with E-state index in [2.05, 4.69) is 22.1 Å². The minimum atomic E-state index is -3.81. The number of hydrogen-bond donors (Lipinski definition) is 0. The van der Waals surface area contributed by atoms with Crippen LogP contribution in [0.4, 0.5) is 0 Å². The first-order valence-corrected chi connectivity index (χ1v) is 13.8. The molecule has 4 aromatic rings. The van der Waals surface area contributed by atoms with Crippen LogP contribution in [0.2, 0.25) is 0 Å². The summed E-state index contributed by atoms with van der Waals surface area (Å²) >= 11 is 0. The predicted molar refractivity (Wildman–Crippen MR) is 139 cm³/mol. The minimum Gasteiger partial charge on any atom is -0.379 e. The Hall–Kier alpha value is -3.27. The first kappa shape index (κ1) is 23.1. The summed E-state index contributed by atoms with van der Waals surface area (Å²) in [4.78, 5) is 7.46. The van der Waals surface area contributed by atoms with Crippen molar-refractivity contribution in [2.45, 2.75) is 30.2 Å². The van der Waals surface area contributed by atoms with E-state index < -0.39 is 10.0 Å². The molecule has 186 valence electrons. The van der Waals surface area contributed by atoms with Crippen molar-refractivity contribution in [2.75, 3.05) is 26.3 Å². The first-order valence-electron chi connectivity index (χ1n) is 12.3. The van der Waals surface area contributed by atoms with Crippen LogP contribution in [-0.4, -0.2) is 64.4 Å². The molecule has 0 spiro atoms. The molecule has 0 saturated carbocycles. The summed E-state index contributed by atoms with van der Waals surface area (Å²) in [5, 5.41) is 5.11. The zero-order valence-electron chi connectivity index (χ0n) is 20.2. The van der Waals surface area contributed by atoms with Crippen LogP contribution in [0.5, 0.6) is 0 Å². The second kappa shape index (κ2) is 9.31. The lowest BCUT2D eigenvalue weighted by molar-refractivity contribution is 0.0150. The molecule has 1 saturated heterocycles. The fraction of sp³-hybridized carbons (Fsp3) is 0.333. The van der Waals surface area contributed by atoms with Crippen LogP contribution in [0.25, 0.3) is 27.7 Å². The van der Waals surface area contributed by atoms with Gasteiger partial charge in [-0.1, -0.05) is 24.3 Å². The zero-order chi connectivity index (χ0) is 24.7. The highest BCUT2D eigenvalue weighted by atomic mass is 32.2. The van der Waals surface area contributed by atoms with E-state index in [1.54, 1.807) is 47.4 Å². The fourth-order valence-corrected chi connectivity index (χ4v) is 6.64. The molecule has 8 nitrogen and oxygen atoms in total. The molecule has 3 aromatic heterocycles. The van der Waals surface area contributed by atoms with Gasteiger partial charge in [0.15, 0.2) is 5.65 Å². The number of ether oxygens (including phenoxy) is 1. The SMILES string of the molecule is Cn1cc(-c2cn(S(=O)(=O)c3ccccc3)c3ncc(C4=CCC(N5CCOCC5)CC4)cc23)cn1. The molecule has 1 aromatic carbocycles. The zero-order valence-corrected chi connectivity index (χ0v) is 21.1. The summed E-state index contributed by atoms with van der Waals surface area (Å²) in [6, 6.07) is 11.1. The average Bonchev–Trinajstić information content (AvgIpc) is 3.53. The first-order chi connectivity index (χ1) is 17.5. The van der Waals surface area contributed by atoms with E-state index in [0.29, 0.717) is 11.7 Å². The summed E-state index contributed by atoms with van der Waals surface area (Å²) in [5.41, 5.74) is 4.39. The molecule has 6 rings (SSSR count). The standard InChI is InChI=1S/C27H29N5O3S/c1-30-18-22(17-29-30)26-19-32(36(33,34)24-5-3-2-4-6-24)27-25(26)15-21(16-28-27)20-7-9-23(10-8-20)31-11-13-35-14-12-31/h2-7,15-19,23H,8-14H2,1H3. The third kappa shape index (κ3) is 4.17. The highest BCUT2D eigenvalue weighted by Crippen LogP contribution is 2.36. The van der Waals surface area contributed by atoms with Crippen molar-refractivity contribution < 1.29 is 13.2 Å². The van der Waals surface area contributed by atoms with E-state index >= 15 is 0 Å². The second-order valence-electron chi connectivity index (χ2n) is 9.46. The predicted octanol–water partition coefficient (Wildman–Crippen LogP) is 3.94. The van der Waals surface area contributed by atoms with Gasteiger partial charge in [-0.2, -0.15) is 5.10 Å². The fourth-order valence-electron chi connectivity index (χ4n) is 5.29. The van der Waals surface area contributed by atoms with Crippen LogP contribution < -0.4 is 0 Å². The number of morpholine rings is 1. The van der Waals surface area contributed by atoms with E-state index in [0.717, 1.165) is 67.6 Å². The quantitative estimate of drug-likeness (QED) is 0.410. The monoisotopic (exact) mass is 503 g/mol. The molecule has 4 heterocycles. The Bertz CT molecular complexity index is 1530. The van der Waals surface area contributed by atoms with Gasteiger partial charge in [0.2, 0.25) is 0 Å². The van der Waals surface area contributed by atoms with E-state index in [1.165, 1.54) is 9.55 Å². The Balaban J connectivity index is 1.41. The summed E-state index contributed by atoms with van der Waals surface area (Å²) in [7, 11) is -1.95. The summed E-state index contributed by atoms with van der Waals surface area (Å²) in [5.74, 6) is 0. The lowest BCUT2D eigenvalue weighted by atomic mass is 9.90. The molecule has 1 aliphatic heterocycles. The van der Waals surface area contributed by atoms with Gasteiger partial charge in [-0.3, -0.25) is 9.58 Å². The van der Waals surface area contributed by atoms with Crippen molar-refractivity contribution in [1.82, 2.24) is 23.6 Å². The van der Waals surface area contributed by atoms with Gasteiger partial charge in [0.25, 0.3) is 10.0 Å². The maximum Gasteiger partial charge on any atom is 0.269 e. The number of hydrogen-bond acceptors (Lipinski definition) is 6. The van der Waals surface area contributed by atoms with Crippen molar-refractivity contribution in [2.24, 2.45) is 7.05 Å². The van der Waals surface area contributed by atoms with Gasteiger partial charge in [0, 0.05) is 61.3 Å². The van der Waals surface area contributed by atoms with Gasteiger partial charge in [-0.05, 0) is 48.6 Å². The topological polar surface area (TPSA) is 82.2 Å². The van der Waals surface area contributed by atoms with Crippen LogP contribution in [0.1, 0.15) is 24.8 Å². The summed E-state index contributed by atoms with van der Waals surface area (Å²) in [6.45, 7) is 3.62. The molecular formula is C27H29N5O3S. The van der Waals surface area contributed by atoms with E-state index in [-0.39, 0.29) is 4.90 Å². The van der Waals surface area contributed by atoms with Crippen LogP contribution in [0, 0.1) is 0 Å². The third-order valence-corrected chi connectivity index (χ3v) is 8.91. The molecule has 1 atom stereocenters. The van der Waals surface area contributed by atoms with Gasteiger partial charge in [-0.25, -0.2) is 17.4 Å². The smallest absolute Gasteiger partial charge is 0.269 e. The minimum absolute atomic E-state index is 0.231. The number of benzene rings is 1. The number of aryl methyl sites for hydroxylation is 1. The Morgan fingerprint density at radius 2 is 1.83 bits per heavy atom. The summed E-state index contributed by atoms with van der Waals surface area (Å²) in [6.07, 6.45) is 12.5. The van der Waals surface area contributed by atoms with Crippen LogP contribution >= 0.6 is 0 Å². The Kier molecular flexibility index (Phi) is 5.99. The van der Waals surface area contributed by atoms with Crippen molar-refractivity contribution in [3.8, 4) is 11.1 Å². The van der Waals surface area contributed by atoms with Gasteiger partial charge >= 0.3 is 0 Å². The second-order valence-corrected chi connectivity index (χ2v) is 11.3. The molecule has 0 amide bonds. The normalized spacial score (nSPS) is 19.5. The van der Waals surface area contributed by atoms with E-state index in [1.807, 2.05) is 19.4 Å². The van der Waals surface area contributed by atoms with Gasteiger partial charge in [0.05, 0.1) is 24.3 Å². The molecule has 0 radical (unpaired) electrons. The number of rotatable bonds is 5. The van der Waals surface area contributed by atoms with E-state index in [9.17, 15) is 8.42 Å². The number of allylic oxidation sites excluding steroid dienone is 1. The average molecular weight is 504 g/mol. The Morgan fingerprint density at radius 3 is 2.53 bits per heavy atom. The van der Waals surface area contributed by atoms with Crippen molar-refractivity contribution in [3.63, 3.8) is 0 Å². The van der Waals surface area contributed by atoms with Crippen LogP contribution in [-0.2, 0) is 21.8 Å². The number of pyridine rings is 1. The molecule has 9 heteroatoms. The van der Waals surface area contributed by atoms with Gasteiger partial charge < -0.3 is 4.74 Å². The molecule has 0 N–H and O–H groups in total. The van der Waals surface area contributed by atoms with Crippen molar-refractivity contribution >= 4 is 26.6 Å². The van der Waals surface area contributed by atoms with Gasteiger partial charge in [-0.15, -0.1) is 0 Å². The Morgan fingerprint density at radius 1 is 1.03 bits per heavy atom. The van der Waals surface area contributed by atoms with Crippen molar-refractivity contribution in [3.05, 3.63) is 72.8 Å². The van der Waals surface area contributed by atoms with Crippen LogP contribution in [0.15, 0.2) is 72.2 Å². The summed E-state index contributed by atoms with van der Waals surface area (Å²) < 4.78 is 35.6. The third-order valence-electron chi connectivity index (χ3n) is 7.24. The molecule has 36 heavy (non-hydrogen) atoms.